The van der Waals surface area contributed by atoms with E-state index in [0.717, 1.165) is 5.92 Å². The van der Waals surface area contributed by atoms with Crippen molar-refractivity contribution in [2.24, 2.45) is 5.92 Å². The summed E-state index contributed by atoms with van der Waals surface area (Å²) in [5.74, 6) is 1.10. The molecule has 3 heteroatoms. The zero-order valence-electron chi connectivity index (χ0n) is 10.1. The van der Waals surface area contributed by atoms with Crippen molar-refractivity contribution < 1.29 is 9.69 Å². The van der Waals surface area contributed by atoms with Crippen LogP contribution in [0.15, 0.2) is 24.4 Å². The Labute approximate surface area is 102 Å². The second kappa shape index (κ2) is 4.57. The molecule has 3 fully saturated rings. The van der Waals surface area contributed by atoms with Gasteiger partial charge in [-0.25, -0.2) is 0 Å². The number of rotatable bonds is 3. The Morgan fingerprint density at radius 1 is 1.35 bits per heavy atom. The van der Waals surface area contributed by atoms with Gasteiger partial charge in [-0.1, -0.05) is 6.07 Å². The number of quaternary nitrogens is 1. The van der Waals surface area contributed by atoms with E-state index in [2.05, 4.69) is 4.98 Å². The maximum Gasteiger partial charge on any atom is 0.187 e. The summed E-state index contributed by atoms with van der Waals surface area (Å²) in [6, 6.07) is 6.12. The smallest absolute Gasteiger partial charge is 0.187 e. The molecule has 1 unspecified atom stereocenters. The molecule has 3 saturated heterocycles. The number of carbonyl (C=O) groups excluding carboxylic acids is 1. The van der Waals surface area contributed by atoms with Crippen LogP contribution in [0.1, 0.15) is 36.2 Å². The third kappa shape index (κ3) is 2.25. The van der Waals surface area contributed by atoms with Gasteiger partial charge in [0, 0.05) is 12.6 Å². The molecule has 4 rings (SSSR count). The fraction of sp³-hybridized carbons (Fsp3) is 0.571. The lowest BCUT2D eigenvalue weighted by Crippen LogP contribution is -3.18. The van der Waals surface area contributed by atoms with E-state index in [9.17, 15) is 4.79 Å². The summed E-state index contributed by atoms with van der Waals surface area (Å²) in [5, 5.41) is 0. The molecule has 3 aliphatic rings. The lowest BCUT2D eigenvalue weighted by molar-refractivity contribution is -0.941. The van der Waals surface area contributed by atoms with Crippen LogP contribution in [-0.4, -0.2) is 29.9 Å². The average molecular weight is 231 g/mol. The van der Waals surface area contributed by atoms with Gasteiger partial charge >= 0.3 is 0 Å². The molecule has 0 aromatic carbocycles. The third-order valence-electron chi connectivity index (χ3n) is 4.32. The van der Waals surface area contributed by atoms with Gasteiger partial charge in [-0.05, 0) is 30.9 Å². The van der Waals surface area contributed by atoms with Crippen molar-refractivity contribution in [2.75, 3.05) is 13.1 Å². The molecular formula is C14H19N2O+. The number of aromatic nitrogens is 1. The van der Waals surface area contributed by atoms with Crippen LogP contribution in [0.2, 0.25) is 0 Å². The second-order valence-electron chi connectivity index (χ2n) is 5.38. The fourth-order valence-corrected chi connectivity index (χ4v) is 3.35. The number of Topliss-reactive ketones (excluding diaryl/α,β-unsaturated/α-hetero) is 1. The monoisotopic (exact) mass is 231 g/mol. The molecule has 0 saturated carbocycles. The van der Waals surface area contributed by atoms with E-state index in [0.29, 0.717) is 18.2 Å². The number of pyridine rings is 1. The van der Waals surface area contributed by atoms with Gasteiger partial charge in [0.15, 0.2) is 5.78 Å². The minimum Gasteiger partial charge on any atom is -0.332 e. The number of hydrogen-bond donors (Lipinski definition) is 1. The van der Waals surface area contributed by atoms with E-state index in [-0.39, 0.29) is 5.78 Å². The zero-order chi connectivity index (χ0) is 11.7. The van der Waals surface area contributed by atoms with Crippen LogP contribution in [0, 0.1) is 5.92 Å². The van der Waals surface area contributed by atoms with Crippen LogP contribution < -0.4 is 4.90 Å². The molecule has 4 heterocycles. The highest BCUT2D eigenvalue weighted by molar-refractivity contribution is 5.94. The number of hydrogen-bond acceptors (Lipinski definition) is 2. The predicted octanol–water partition coefficient (Wildman–Crippen LogP) is 0.722. The SMILES string of the molecule is O=C(CC1CC2CC[NH+]1CC2)c1ccccn1. The Kier molecular flexibility index (Phi) is 2.93. The summed E-state index contributed by atoms with van der Waals surface area (Å²) in [4.78, 5) is 17.9. The van der Waals surface area contributed by atoms with Gasteiger partial charge in [-0.15, -0.1) is 0 Å². The van der Waals surface area contributed by atoms with Crippen LogP contribution in [0.5, 0.6) is 0 Å². The molecule has 1 aromatic heterocycles. The highest BCUT2D eigenvalue weighted by Gasteiger charge is 2.38. The summed E-state index contributed by atoms with van der Waals surface area (Å²) in [6.07, 6.45) is 6.36. The topological polar surface area (TPSA) is 34.4 Å². The van der Waals surface area contributed by atoms with E-state index < -0.39 is 0 Å². The summed E-state index contributed by atoms with van der Waals surface area (Å²) in [6.45, 7) is 2.54. The first kappa shape index (κ1) is 10.9. The molecule has 1 N–H and O–H groups in total. The van der Waals surface area contributed by atoms with Gasteiger partial charge in [-0.3, -0.25) is 9.78 Å². The summed E-state index contributed by atoms with van der Waals surface area (Å²) in [5.41, 5.74) is 0.634. The number of fused-ring (bicyclic) bond motifs is 3. The lowest BCUT2D eigenvalue weighted by atomic mass is 9.81. The zero-order valence-corrected chi connectivity index (χ0v) is 10.1. The van der Waals surface area contributed by atoms with Gasteiger partial charge in [0.1, 0.15) is 5.69 Å². The first-order chi connectivity index (χ1) is 8.33. The first-order valence-corrected chi connectivity index (χ1v) is 6.62. The Balaban J connectivity index is 1.66. The molecule has 2 bridgehead atoms. The van der Waals surface area contributed by atoms with E-state index in [1.54, 1.807) is 11.1 Å². The standard InChI is InChI=1S/C14H18N2O/c17-14(13-3-1-2-6-15-13)10-12-9-11-4-7-16(12)8-5-11/h1-3,6,11-12H,4-5,7-10H2/p+1. The van der Waals surface area contributed by atoms with Crippen molar-refractivity contribution in [1.82, 2.24) is 4.98 Å². The molecule has 0 aliphatic carbocycles. The normalized spacial score (nSPS) is 31.4. The highest BCUT2D eigenvalue weighted by Crippen LogP contribution is 2.23. The van der Waals surface area contributed by atoms with Gasteiger partial charge in [0.2, 0.25) is 0 Å². The van der Waals surface area contributed by atoms with Gasteiger partial charge in [0.05, 0.1) is 25.6 Å². The maximum absolute atomic E-state index is 12.1. The second-order valence-corrected chi connectivity index (χ2v) is 5.38. The Hall–Kier alpha value is -1.22. The fourth-order valence-electron chi connectivity index (χ4n) is 3.35. The largest absolute Gasteiger partial charge is 0.332 e. The van der Waals surface area contributed by atoms with E-state index in [1.165, 1.54) is 32.4 Å². The molecule has 0 radical (unpaired) electrons. The Morgan fingerprint density at radius 3 is 2.76 bits per heavy atom. The quantitative estimate of drug-likeness (QED) is 0.778. The molecular weight excluding hydrogens is 212 g/mol. The van der Waals surface area contributed by atoms with Crippen LogP contribution in [0.25, 0.3) is 0 Å². The molecule has 1 atom stereocenters. The predicted molar refractivity (Wildman–Crippen MR) is 65.0 cm³/mol. The maximum atomic E-state index is 12.1. The summed E-state index contributed by atoms with van der Waals surface area (Å²) in [7, 11) is 0. The van der Waals surface area contributed by atoms with Crippen LogP contribution in [-0.2, 0) is 0 Å². The summed E-state index contributed by atoms with van der Waals surface area (Å²) < 4.78 is 0. The number of piperidine rings is 3. The van der Waals surface area contributed by atoms with Gasteiger partial charge in [0.25, 0.3) is 0 Å². The molecule has 1 aromatic rings. The molecule has 0 amide bonds. The molecule has 17 heavy (non-hydrogen) atoms. The average Bonchev–Trinajstić information content (AvgIpc) is 2.41. The van der Waals surface area contributed by atoms with E-state index >= 15 is 0 Å². The van der Waals surface area contributed by atoms with Crippen molar-refractivity contribution in [2.45, 2.75) is 31.7 Å². The Morgan fingerprint density at radius 2 is 2.18 bits per heavy atom. The van der Waals surface area contributed by atoms with Crippen molar-refractivity contribution in [1.29, 1.82) is 0 Å². The van der Waals surface area contributed by atoms with Crippen molar-refractivity contribution in [3.8, 4) is 0 Å². The Bertz CT molecular complexity index is 396. The van der Waals surface area contributed by atoms with Gasteiger partial charge < -0.3 is 4.90 Å². The van der Waals surface area contributed by atoms with Crippen molar-refractivity contribution in [3.63, 3.8) is 0 Å². The molecule has 0 spiro atoms. The molecule has 3 aliphatic heterocycles. The van der Waals surface area contributed by atoms with Crippen LogP contribution in [0.4, 0.5) is 0 Å². The number of carbonyl (C=O) groups is 1. The summed E-state index contributed by atoms with van der Waals surface area (Å²) >= 11 is 0. The van der Waals surface area contributed by atoms with Gasteiger partial charge in [-0.2, -0.15) is 0 Å². The number of nitrogens with zero attached hydrogens (tertiary/aromatic N) is 1. The third-order valence-corrected chi connectivity index (χ3v) is 4.32. The minimum atomic E-state index is 0.218. The minimum absolute atomic E-state index is 0.218. The number of nitrogens with one attached hydrogen (secondary N) is 1. The van der Waals surface area contributed by atoms with Crippen molar-refractivity contribution >= 4 is 5.78 Å². The van der Waals surface area contributed by atoms with Crippen LogP contribution >= 0.6 is 0 Å². The lowest BCUT2D eigenvalue weighted by Gasteiger charge is -2.42. The highest BCUT2D eigenvalue weighted by atomic mass is 16.1. The van der Waals surface area contributed by atoms with Crippen molar-refractivity contribution in [3.05, 3.63) is 30.1 Å². The molecule has 3 nitrogen and oxygen atoms in total. The van der Waals surface area contributed by atoms with E-state index in [1.807, 2.05) is 18.2 Å². The number of ketones is 1. The molecule has 90 valence electrons. The first-order valence-electron chi connectivity index (χ1n) is 6.62. The van der Waals surface area contributed by atoms with Crippen LogP contribution in [0.3, 0.4) is 0 Å². The van der Waals surface area contributed by atoms with E-state index in [4.69, 9.17) is 0 Å².